The molecule has 0 N–H and O–H groups in total. The molecule has 1 aromatic heterocycles. The van der Waals surface area contributed by atoms with Gasteiger partial charge in [-0.3, -0.25) is 0 Å². The minimum absolute atomic E-state index is 0.554. The van der Waals surface area contributed by atoms with Crippen molar-refractivity contribution in [1.29, 1.82) is 0 Å². The maximum absolute atomic E-state index is 5.46. The third kappa shape index (κ3) is 2.89. The summed E-state index contributed by atoms with van der Waals surface area (Å²) >= 11 is 5.46. The first-order chi connectivity index (χ1) is 5.83. The number of alkyl halides is 1. The van der Waals surface area contributed by atoms with E-state index >= 15 is 0 Å². The van der Waals surface area contributed by atoms with Crippen LogP contribution >= 0.6 is 11.6 Å². The fraction of sp³-hybridized carbons (Fsp3) is 0.333. The van der Waals surface area contributed by atoms with Gasteiger partial charge in [0, 0.05) is 24.2 Å². The van der Waals surface area contributed by atoms with Crippen molar-refractivity contribution in [3.05, 3.63) is 23.8 Å². The summed E-state index contributed by atoms with van der Waals surface area (Å²) in [5.41, 5.74) is 0.931. The van der Waals surface area contributed by atoms with Crippen molar-refractivity contribution >= 4 is 11.6 Å². The first kappa shape index (κ1) is 9.02. The number of nitrogens with zero attached hydrogens (tertiary/aromatic N) is 2. The Morgan fingerprint density at radius 1 is 1.58 bits per heavy atom. The van der Waals surface area contributed by atoms with Gasteiger partial charge in [-0.05, 0) is 18.9 Å². The smallest absolute Gasteiger partial charge is 0.205 e. The fourth-order valence-electron chi connectivity index (χ4n) is 0.698. The SMILES string of the molecule is Cc1ccnc(C#CCCCl)n1. The summed E-state index contributed by atoms with van der Waals surface area (Å²) in [5, 5.41) is 0. The molecule has 0 radical (unpaired) electrons. The molecule has 0 aliphatic carbocycles. The van der Waals surface area contributed by atoms with Gasteiger partial charge < -0.3 is 0 Å². The number of halogens is 1. The average molecular weight is 181 g/mol. The van der Waals surface area contributed by atoms with Crippen LogP contribution in [-0.2, 0) is 0 Å². The molecule has 0 saturated heterocycles. The van der Waals surface area contributed by atoms with E-state index in [1.807, 2.05) is 13.0 Å². The third-order valence-electron chi connectivity index (χ3n) is 1.21. The quantitative estimate of drug-likeness (QED) is 0.486. The van der Waals surface area contributed by atoms with Gasteiger partial charge in [0.25, 0.3) is 0 Å². The van der Waals surface area contributed by atoms with Crippen LogP contribution in [0.5, 0.6) is 0 Å². The third-order valence-corrected chi connectivity index (χ3v) is 1.40. The van der Waals surface area contributed by atoms with Gasteiger partial charge in [0.2, 0.25) is 5.82 Å². The Morgan fingerprint density at radius 2 is 2.42 bits per heavy atom. The van der Waals surface area contributed by atoms with Crippen LogP contribution in [0.3, 0.4) is 0 Å². The highest BCUT2D eigenvalue weighted by Crippen LogP contribution is 1.91. The number of hydrogen-bond acceptors (Lipinski definition) is 2. The molecule has 0 fully saturated rings. The van der Waals surface area contributed by atoms with Crippen molar-refractivity contribution in [3.8, 4) is 11.8 Å². The highest BCUT2D eigenvalue weighted by Gasteiger charge is 1.88. The minimum Gasteiger partial charge on any atom is -0.229 e. The van der Waals surface area contributed by atoms with E-state index < -0.39 is 0 Å². The molecule has 2 nitrogen and oxygen atoms in total. The van der Waals surface area contributed by atoms with Crippen LogP contribution in [0.2, 0.25) is 0 Å². The predicted molar refractivity (Wildman–Crippen MR) is 49.0 cm³/mol. The molecule has 1 aromatic rings. The van der Waals surface area contributed by atoms with Crippen LogP contribution in [-0.4, -0.2) is 15.8 Å². The van der Waals surface area contributed by atoms with Crippen LogP contribution in [0.4, 0.5) is 0 Å². The number of aromatic nitrogens is 2. The molecular weight excluding hydrogens is 172 g/mol. The molecular formula is C9H9ClN2. The minimum atomic E-state index is 0.554. The summed E-state index contributed by atoms with van der Waals surface area (Å²) < 4.78 is 0. The van der Waals surface area contributed by atoms with Crippen molar-refractivity contribution in [1.82, 2.24) is 9.97 Å². The monoisotopic (exact) mass is 180 g/mol. The van der Waals surface area contributed by atoms with Crippen molar-refractivity contribution in [2.24, 2.45) is 0 Å². The Balaban J connectivity index is 2.71. The Hall–Kier alpha value is -1.07. The lowest BCUT2D eigenvalue weighted by atomic mass is 10.4. The molecule has 0 atom stereocenters. The predicted octanol–water partition coefficient (Wildman–Crippen LogP) is 1.77. The molecule has 1 rings (SSSR count). The zero-order valence-electron chi connectivity index (χ0n) is 6.84. The second kappa shape index (κ2) is 4.74. The van der Waals surface area contributed by atoms with Crippen LogP contribution in [0.25, 0.3) is 0 Å². The first-order valence-corrected chi connectivity index (χ1v) is 4.21. The lowest BCUT2D eigenvalue weighted by Crippen LogP contribution is -1.89. The topological polar surface area (TPSA) is 25.8 Å². The summed E-state index contributed by atoms with van der Waals surface area (Å²) in [7, 11) is 0. The summed E-state index contributed by atoms with van der Waals surface area (Å²) in [6.07, 6.45) is 2.38. The molecule has 0 unspecified atom stereocenters. The van der Waals surface area contributed by atoms with Crippen LogP contribution in [0.15, 0.2) is 12.3 Å². The van der Waals surface area contributed by atoms with E-state index in [0.29, 0.717) is 18.1 Å². The Morgan fingerprint density at radius 3 is 3.08 bits per heavy atom. The Labute approximate surface area is 77.0 Å². The van der Waals surface area contributed by atoms with Gasteiger partial charge in [0.1, 0.15) is 0 Å². The molecule has 62 valence electrons. The van der Waals surface area contributed by atoms with Crippen molar-refractivity contribution in [2.45, 2.75) is 13.3 Å². The summed E-state index contributed by atoms with van der Waals surface area (Å²) in [6, 6.07) is 1.84. The Bertz CT molecular complexity index is 312. The summed E-state index contributed by atoms with van der Waals surface area (Å²) in [4.78, 5) is 8.10. The molecule has 0 aliphatic heterocycles. The van der Waals surface area contributed by atoms with Gasteiger partial charge >= 0.3 is 0 Å². The molecule has 0 aromatic carbocycles. The average Bonchev–Trinajstić information content (AvgIpc) is 2.05. The highest BCUT2D eigenvalue weighted by molar-refractivity contribution is 6.18. The van der Waals surface area contributed by atoms with Gasteiger partial charge in [0.15, 0.2) is 0 Å². The van der Waals surface area contributed by atoms with Crippen molar-refractivity contribution in [3.63, 3.8) is 0 Å². The lowest BCUT2D eigenvalue weighted by molar-refractivity contribution is 1.07. The van der Waals surface area contributed by atoms with Gasteiger partial charge in [0.05, 0.1) is 0 Å². The highest BCUT2D eigenvalue weighted by atomic mass is 35.5. The zero-order valence-corrected chi connectivity index (χ0v) is 7.60. The number of rotatable bonds is 1. The van der Waals surface area contributed by atoms with E-state index in [-0.39, 0.29) is 0 Å². The molecule has 1 heterocycles. The molecule has 0 saturated carbocycles. The molecule has 0 bridgehead atoms. The number of aryl methyl sites for hydroxylation is 1. The summed E-state index contributed by atoms with van der Waals surface area (Å²) in [5.74, 6) is 6.83. The maximum atomic E-state index is 5.46. The van der Waals surface area contributed by atoms with E-state index in [2.05, 4.69) is 21.8 Å². The van der Waals surface area contributed by atoms with E-state index in [0.717, 1.165) is 5.69 Å². The molecule has 0 spiro atoms. The molecule has 12 heavy (non-hydrogen) atoms. The van der Waals surface area contributed by atoms with E-state index in [4.69, 9.17) is 11.6 Å². The van der Waals surface area contributed by atoms with Gasteiger partial charge in [-0.25, -0.2) is 9.97 Å². The van der Waals surface area contributed by atoms with Crippen molar-refractivity contribution < 1.29 is 0 Å². The molecule has 0 amide bonds. The molecule has 0 aliphatic rings. The normalized spacial score (nSPS) is 8.83. The van der Waals surface area contributed by atoms with E-state index in [1.54, 1.807) is 6.20 Å². The second-order valence-corrected chi connectivity index (χ2v) is 2.64. The maximum Gasteiger partial charge on any atom is 0.205 e. The standard InChI is InChI=1S/C9H9ClN2/c1-8-5-7-11-9(12-8)4-2-3-6-10/h5,7H,3,6H2,1H3. The van der Waals surface area contributed by atoms with E-state index in [9.17, 15) is 0 Å². The first-order valence-electron chi connectivity index (χ1n) is 3.67. The van der Waals surface area contributed by atoms with Crippen LogP contribution < -0.4 is 0 Å². The van der Waals surface area contributed by atoms with Crippen LogP contribution in [0, 0.1) is 18.8 Å². The van der Waals surface area contributed by atoms with Crippen molar-refractivity contribution in [2.75, 3.05) is 5.88 Å². The largest absolute Gasteiger partial charge is 0.229 e. The van der Waals surface area contributed by atoms with Gasteiger partial charge in [-0.2, -0.15) is 0 Å². The summed E-state index contributed by atoms with van der Waals surface area (Å²) in [6.45, 7) is 1.91. The van der Waals surface area contributed by atoms with Gasteiger partial charge in [-0.15, -0.1) is 11.6 Å². The second-order valence-electron chi connectivity index (χ2n) is 2.26. The number of hydrogen-bond donors (Lipinski definition) is 0. The fourth-order valence-corrected chi connectivity index (χ4v) is 0.792. The molecule has 3 heteroatoms. The van der Waals surface area contributed by atoms with Crippen LogP contribution in [0.1, 0.15) is 17.9 Å². The Kier molecular flexibility index (Phi) is 3.56. The van der Waals surface area contributed by atoms with Gasteiger partial charge in [-0.1, -0.05) is 5.92 Å². The zero-order chi connectivity index (χ0) is 8.81. The lowest BCUT2D eigenvalue weighted by Gasteiger charge is -1.89. The van der Waals surface area contributed by atoms with E-state index in [1.165, 1.54) is 0 Å².